The van der Waals surface area contributed by atoms with Crippen molar-refractivity contribution in [2.24, 2.45) is 0 Å². The number of amides is 2. The zero-order chi connectivity index (χ0) is 26.7. The molecule has 9 nitrogen and oxygen atoms in total. The number of nitrogens with zero attached hydrogens (tertiary/aromatic N) is 5. The van der Waals surface area contributed by atoms with E-state index in [4.69, 9.17) is 11.6 Å². The first kappa shape index (κ1) is 26.0. The molecule has 0 radical (unpaired) electrons. The molecular formula is C22H14ClF4N7O2S. The zero-order valence-corrected chi connectivity index (χ0v) is 20.1. The van der Waals surface area contributed by atoms with E-state index in [1.807, 2.05) is 0 Å². The third-order valence-corrected chi connectivity index (χ3v) is 6.30. The molecule has 0 spiro atoms. The third-order valence-electron chi connectivity index (χ3n) is 4.82. The van der Waals surface area contributed by atoms with E-state index in [1.165, 1.54) is 24.5 Å². The quantitative estimate of drug-likeness (QED) is 0.325. The van der Waals surface area contributed by atoms with Crippen LogP contribution in [0.3, 0.4) is 0 Å². The van der Waals surface area contributed by atoms with E-state index >= 15 is 0 Å². The number of halogens is 5. The van der Waals surface area contributed by atoms with Gasteiger partial charge in [0.05, 0.1) is 34.7 Å². The fourth-order valence-electron chi connectivity index (χ4n) is 3.04. The van der Waals surface area contributed by atoms with Crippen LogP contribution >= 0.6 is 22.9 Å². The Bertz CT molecular complexity index is 1480. The third kappa shape index (κ3) is 6.03. The lowest BCUT2D eigenvalue weighted by Crippen LogP contribution is -2.27. The number of hydrogen-bond acceptors (Lipinski definition) is 8. The summed E-state index contributed by atoms with van der Waals surface area (Å²) in [7, 11) is 0. The molecule has 4 heterocycles. The number of carbonyl (C=O) groups excluding carboxylic acids is 2. The highest BCUT2D eigenvalue weighted by Gasteiger charge is 2.34. The number of rotatable bonds is 6. The molecule has 15 heteroatoms. The van der Waals surface area contributed by atoms with Crippen LogP contribution in [0.15, 0.2) is 49.3 Å². The molecule has 37 heavy (non-hydrogen) atoms. The summed E-state index contributed by atoms with van der Waals surface area (Å²) in [6.45, 7) is 1.61. The van der Waals surface area contributed by atoms with Crippen LogP contribution in [0.1, 0.15) is 43.7 Å². The molecule has 0 saturated carbocycles. The molecule has 190 valence electrons. The van der Waals surface area contributed by atoms with Crippen LogP contribution in [0.5, 0.6) is 0 Å². The van der Waals surface area contributed by atoms with Crippen LogP contribution in [0.2, 0.25) is 5.02 Å². The Morgan fingerprint density at radius 1 is 1.05 bits per heavy atom. The number of alkyl halides is 3. The lowest BCUT2D eigenvalue weighted by molar-refractivity contribution is -0.137. The van der Waals surface area contributed by atoms with Gasteiger partial charge >= 0.3 is 6.18 Å². The Hall–Kier alpha value is -4.04. The summed E-state index contributed by atoms with van der Waals surface area (Å²) in [6, 6.07) is 2.68. The molecule has 1 unspecified atom stereocenters. The molecule has 4 rings (SSSR count). The van der Waals surface area contributed by atoms with Crippen molar-refractivity contribution < 1.29 is 27.2 Å². The first-order valence-corrected chi connectivity index (χ1v) is 11.4. The summed E-state index contributed by atoms with van der Waals surface area (Å²) in [5, 5.41) is 4.67. The molecular weight excluding hydrogens is 538 g/mol. The minimum absolute atomic E-state index is 0.0307. The van der Waals surface area contributed by atoms with Gasteiger partial charge in [0.25, 0.3) is 11.8 Å². The smallest absolute Gasteiger partial charge is 0.342 e. The van der Waals surface area contributed by atoms with Gasteiger partial charge in [-0.3, -0.25) is 14.6 Å². The second-order valence-corrected chi connectivity index (χ2v) is 8.87. The molecule has 0 aliphatic rings. The van der Waals surface area contributed by atoms with Gasteiger partial charge in [-0.1, -0.05) is 11.6 Å². The summed E-state index contributed by atoms with van der Waals surface area (Å²) < 4.78 is 53.1. The predicted octanol–water partition coefficient (Wildman–Crippen LogP) is 4.94. The van der Waals surface area contributed by atoms with E-state index in [-0.39, 0.29) is 27.6 Å². The van der Waals surface area contributed by atoms with Crippen LogP contribution in [0, 0.1) is 5.82 Å². The second-order valence-electron chi connectivity index (χ2n) is 7.40. The number of hydrogen-bond donors (Lipinski definition) is 2. The van der Waals surface area contributed by atoms with Gasteiger partial charge in [-0.2, -0.15) is 13.2 Å². The lowest BCUT2D eigenvalue weighted by Gasteiger charge is -2.11. The highest BCUT2D eigenvalue weighted by Crippen LogP contribution is 2.35. The van der Waals surface area contributed by atoms with E-state index in [0.29, 0.717) is 11.1 Å². The SMILES string of the molecule is CC(NC(=O)c1cc(-c2ccncc2F)ncn1)c1ncc(C(=O)Nc2cc(C(F)(F)F)c(Cl)cn2)s1. The molecule has 4 aromatic heterocycles. The van der Waals surface area contributed by atoms with Gasteiger partial charge < -0.3 is 10.6 Å². The monoisotopic (exact) mass is 551 g/mol. The van der Waals surface area contributed by atoms with Gasteiger partial charge in [0.2, 0.25) is 0 Å². The Kier molecular flexibility index (Phi) is 7.40. The van der Waals surface area contributed by atoms with E-state index in [0.717, 1.165) is 30.1 Å². The number of nitrogens with one attached hydrogen (secondary N) is 2. The van der Waals surface area contributed by atoms with Gasteiger partial charge in [0, 0.05) is 18.0 Å². The highest BCUT2D eigenvalue weighted by atomic mass is 35.5. The van der Waals surface area contributed by atoms with Gasteiger partial charge in [-0.25, -0.2) is 24.3 Å². The number of thiazole rings is 1. The van der Waals surface area contributed by atoms with Crippen molar-refractivity contribution in [2.45, 2.75) is 19.1 Å². The first-order chi connectivity index (χ1) is 17.5. The van der Waals surface area contributed by atoms with Crippen molar-refractivity contribution >= 4 is 40.6 Å². The van der Waals surface area contributed by atoms with E-state index in [2.05, 4.69) is 35.6 Å². The molecule has 0 saturated heterocycles. The second kappa shape index (κ2) is 10.5. The van der Waals surface area contributed by atoms with Crippen LogP contribution in [-0.4, -0.2) is 36.7 Å². The topological polar surface area (TPSA) is 123 Å². The molecule has 2 N–H and O–H groups in total. The molecule has 0 aliphatic carbocycles. The summed E-state index contributed by atoms with van der Waals surface area (Å²) in [5.74, 6) is -2.30. The molecule has 0 aliphatic heterocycles. The lowest BCUT2D eigenvalue weighted by atomic mass is 10.1. The van der Waals surface area contributed by atoms with Gasteiger partial charge in [-0.15, -0.1) is 11.3 Å². The average Bonchev–Trinajstić information content (AvgIpc) is 3.36. The van der Waals surface area contributed by atoms with Crippen LogP contribution in [-0.2, 0) is 6.18 Å². The van der Waals surface area contributed by atoms with Crippen molar-refractivity contribution in [2.75, 3.05) is 5.32 Å². The van der Waals surface area contributed by atoms with Crippen LogP contribution < -0.4 is 10.6 Å². The zero-order valence-electron chi connectivity index (χ0n) is 18.5. The fourth-order valence-corrected chi connectivity index (χ4v) is 4.07. The Morgan fingerprint density at radius 2 is 1.84 bits per heavy atom. The largest absolute Gasteiger partial charge is 0.418 e. The molecule has 1 atom stereocenters. The van der Waals surface area contributed by atoms with Crippen LogP contribution in [0.4, 0.5) is 23.4 Å². The fraction of sp³-hybridized carbons (Fsp3) is 0.136. The first-order valence-electron chi connectivity index (χ1n) is 10.3. The van der Waals surface area contributed by atoms with Crippen molar-refractivity contribution in [3.05, 3.63) is 81.3 Å². The minimum Gasteiger partial charge on any atom is -0.342 e. The summed E-state index contributed by atoms with van der Waals surface area (Å²) >= 11 is 6.46. The number of carbonyl (C=O) groups is 2. The van der Waals surface area contributed by atoms with Crippen molar-refractivity contribution in [1.29, 1.82) is 0 Å². The molecule has 2 amide bonds. The molecule has 4 aromatic rings. The van der Waals surface area contributed by atoms with E-state index < -0.39 is 40.4 Å². The maximum atomic E-state index is 14.0. The number of pyridine rings is 2. The van der Waals surface area contributed by atoms with Gasteiger partial charge in [-0.05, 0) is 25.1 Å². The van der Waals surface area contributed by atoms with Crippen molar-refractivity contribution in [3.63, 3.8) is 0 Å². The van der Waals surface area contributed by atoms with Gasteiger partial charge in [0.15, 0.2) is 5.82 Å². The Balaban J connectivity index is 1.44. The number of anilines is 1. The summed E-state index contributed by atoms with van der Waals surface area (Å²) in [6.07, 6.45) is 0.812. The van der Waals surface area contributed by atoms with E-state index in [1.54, 1.807) is 6.92 Å². The molecule has 0 aromatic carbocycles. The van der Waals surface area contributed by atoms with Gasteiger partial charge in [0.1, 0.15) is 27.7 Å². The maximum Gasteiger partial charge on any atom is 0.418 e. The Morgan fingerprint density at radius 3 is 2.57 bits per heavy atom. The van der Waals surface area contributed by atoms with Crippen molar-refractivity contribution in [1.82, 2.24) is 30.2 Å². The summed E-state index contributed by atoms with van der Waals surface area (Å²) in [4.78, 5) is 44.6. The normalized spacial score (nSPS) is 12.2. The maximum absolute atomic E-state index is 14.0. The highest BCUT2D eigenvalue weighted by molar-refractivity contribution is 7.13. The molecule has 0 fully saturated rings. The average molecular weight is 552 g/mol. The predicted molar refractivity (Wildman–Crippen MR) is 125 cm³/mol. The minimum atomic E-state index is -4.72. The molecule has 0 bridgehead atoms. The summed E-state index contributed by atoms with van der Waals surface area (Å²) in [5.41, 5.74) is -0.838. The Labute approximate surface area is 215 Å². The van der Waals surface area contributed by atoms with Crippen LogP contribution in [0.25, 0.3) is 11.3 Å². The van der Waals surface area contributed by atoms with Crippen molar-refractivity contribution in [3.8, 4) is 11.3 Å². The van der Waals surface area contributed by atoms with E-state index in [9.17, 15) is 27.2 Å². The number of aromatic nitrogens is 5. The standard InChI is InChI=1S/C22H14ClF4N7O2S/c1-10(33-19(35)16-5-15(31-9-32-16)11-2-3-28-7-14(11)24)21-30-8-17(37-21)20(36)34-18-4-12(22(25,26)27)13(23)6-29-18/h2-10H,1H3,(H,33,35)(H,29,34,36).